The van der Waals surface area contributed by atoms with Crippen molar-refractivity contribution >= 4 is 23.1 Å². The van der Waals surface area contributed by atoms with Gasteiger partial charge in [0.15, 0.2) is 5.82 Å². The highest BCUT2D eigenvalue weighted by molar-refractivity contribution is 7.12. The first-order chi connectivity index (χ1) is 10.0. The fraction of sp³-hybridized carbons (Fsp3) is 0.400. The van der Waals surface area contributed by atoms with Crippen molar-refractivity contribution in [2.45, 2.75) is 19.9 Å². The van der Waals surface area contributed by atoms with Crippen molar-refractivity contribution in [1.29, 1.82) is 0 Å². The number of anilines is 1. The molecule has 0 saturated carbocycles. The van der Waals surface area contributed by atoms with E-state index in [1.807, 2.05) is 49.4 Å². The van der Waals surface area contributed by atoms with Crippen LogP contribution in [0.4, 0.5) is 5.82 Å². The predicted octanol–water partition coefficient (Wildman–Crippen LogP) is 2.12. The highest BCUT2D eigenvalue weighted by Crippen LogP contribution is 2.23. The molecule has 0 unspecified atom stereocenters. The number of hydrogen-bond donors (Lipinski definition) is 0. The van der Waals surface area contributed by atoms with Crippen LogP contribution in [-0.4, -0.2) is 47.2 Å². The molecule has 3 heterocycles. The fourth-order valence-electron chi connectivity index (χ4n) is 2.33. The number of carbonyl (C=O) groups excluding carboxylic acids is 1. The van der Waals surface area contributed by atoms with Crippen LogP contribution < -0.4 is 4.90 Å². The Balaban J connectivity index is 1.60. The van der Waals surface area contributed by atoms with E-state index in [1.54, 1.807) is 0 Å². The van der Waals surface area contributed by atoms with Crippen molar-refractivity contribution in [2.75, 3.05) is 25.0 Å². The van der Waals surface area contributed by atoms with E-state index in [2.05, 4.69) is 15.1 Å². The first-order valence-corrected chi connectivity index (χ1v) is 7.80. The molecule has 110 valence electrons. The molecule has 1 saturated heterocycles. The van der Waals surface area contributed by atoms with Gasteiger partial charge in [-0.1, -0.05) is 0 Å². The van der Waals surface area contributed by atoms with Gasteiger partial charge in [0.2, 0.25) is 0 Å². The topological polar surface area (TPSA) is 49.3 Å². The quantitative estimate of drug-likeness (QED) is 0.871. The van der Waals surface area contributed by atoms with E-state index in [0.717, 1.165) is 35.0 Å². The Morgan fingerprint density at radius 1 is 1.33 bits per heavy atom. The molecule has 2 aromatic heterocycles. The molecular weight excluding hydrogens is 284 g/mol. The Hall–Kier alpha value is -1.95. The second-order valence-electron chi connectivity index (χ2n) is 5.50. The van der Waals surface area contributed by atoms with Crippen LogP contribution in [-0.2, 0) is 0 Å². The summed E-state index contributed by atoms with van der Waals surface area (Å²) < 4.78 is 0. The second-order valence-corrected chi connectivity index (χ2v) is 6.41. The van der Waals surface area contributed by atoms with Crippen LogP contribution in [0.5, 0.6) is 0 Å². The molecular formula is C15H18N4OS. The van der Waals surface area contributed by atoms with Crippen molar-refractivity contribution in [3.8, 4) is 0 Å². The van der Waals surface area contributed by atoms with Crippen LogP contribution in [0.3, 0.4) is 0 Å². The molecule has 0 aliphatic carbocycles. The normalized spacial score (nSPS) is 14.9. The molecule has 0 N–H and O–H groups in total. The van der Waals surface area contributed by atoms with Crippen molar-refractivity contribution in [2.24, 2.45) is 0 Å². The van der Waals surface area contributed by atoms with Crippen LogP contribution in [0.25, 0.3) is 0 Å². The Labute approximate surface area is 128 Å². The molecule has 21 heavy (non-hydrogen) atoms. The van der Waals surface area contributed by atoms with Crippen molar-refractivity contribution in [3.05, 3.63) is 39.7 Å². The number of aromatic nitrogens is 2. The number of likely N-dealkylation sites (N-methyl/N-ethyl adjacent to an activating group) is 1. The van der Waals surface area contributed by atoms with Crippen LogP contribution in [0.15, 0.2) is 23.6 Å². The summed E-state index contributed by atoms with van der Waals surface area (Å²) in [6, 6.07) is 6.12. The molecule has 2 aromatic rings. The van der Waals surface area contributed by atoms with E-state index in [0.29, 0.717) is 0 Å². The monoisotopic (exact) mass is 302 g/mol. The third-order valence-corrected chi connectivity index (χ3v) is 4.82. The maximum Gasteiger partial charge on any atom is 0.264 e. The number of carbonyl (C=O) groups is 1. The summed E-state index contributed by atoms with van der Waals surface area (Å²) in [5, 5.41) is 10.3. The van der Waals surface area contributed by atoms with E-state index in [4.69, 9.17) is 0 Å². The molecule has 0 atom stereocenters. The van der Waals surface area contributed by atoms with E-state index >= 15 is 0 Å². The number of hydrogen-bond acceptors (Lipinski definition) is 5. The van der Waals surface area contributed by atoms with Gasteiger partial charge in [-0.3, -0.25) is 4.79 Å². The summed E-state index contributed by atoms with van der Waals surface area (Å²) in [6.45, 7) is 5.55. The lowest BCUT2D eigenvalue weighted by Crippen LogP contribution is -2.60. The lowest BCUT2D eigenvalue weighted by Gasteiger charge is -2.44. The van der Waals surface area contributed by atoms with E-state index in [9.17, 15) is 4.79 Å². The zero-order valence-corrected chi connectivity index (χ0v) is 13.2. The first-order valence-electron chi connectivity index (χ1n) is 6.92. The average molecular weight is 302 g/mol. The molecule has 6 heteroatoms. The third-order valence-electron chi connectivity index (χ3n) is 3.78. The lowest BCUT2D eigenvalue weighted by molar-refractivity contribution is 0.0710. The molecule has 5 nitrogen and oxygen atoms in total. The molecule has 1 aliphatic heterocycles. The van der Waals surface area contributed by atoms with Gasteiger partial charge >= 0.3 is 0 Å². The summed E-state index contributed by atoms with van der Waals surface area (Å²) in [6.07, 6.45) is 0. The molecule has 0 aromatic carbocycles. The van der Waals surface area contributed by atoms with E-state index in [1.165, 1.54) is 11.3 Å². The van der Waals surface area contributed by atoms with Gasteiger partial charge in [0.05, 0.1) is 16.6 Å². The fourth-order valence-corrected chi connectivity index (χ4v) is 3.21. The van der Waals surface area contributed by atoms with Gasteiger partial charge in [-0.15, -0.1) is 16.4 Å². The molecule has 0 bridgehead atoms. The summed E-state index contributed by atoms with van der Waals surface area (Å²) in [5.41, 5.74) is 2.05. The Bertz CT molecular complexity index is 646. The van der Waals surface area contributed by atoms with Crippen LogP contribution in [0, 0.1) is 13.8 Å². The maximum absolute atomic E-state index is 12.4. The van der Waals surface area contributed by atoms with Gasteiger partial charge in [-0.05, 0) is 43.0 Å². The van der Waals surface area contributed by atoms with Gasteiger partial charge in [-0.25, -0.2) is 0 Å². The van der Waals surface area contributed by atoms with Gasteiger partial charge in [0, 0.05) is 20.1 Å². The maximum atomic E-state index is 12.4. The van der Waals surface area contributed by atoms with Crippen molar-refractivity contribution < 1.29 is 4.79 Å². The lowest BCUT2D eigenvalue weighted by atomic mass is 10.1. The molecule has 3 rings (SSSR count). The average Bonchev–Trinajstić information content (AvgIpc) is 2.85. The minimum Gasteiger partial charge on any atom is -0.351 e. The van der Waals surface area contributed by atoms with Gasteiger partial charge in [-0.2, -0.15) is 5.10 Å². The smallest absolute Gasteiger partial charge is 0.264 e. The van der Waals surface area contributed by atoms with Gasteiger partial charge in [0.1, 0.15) is 0 Å². The standard InChI is InChI=1S/C15H18N4OS/c1-10-6-13(21-9-10)15(20)18(3)12-7-19(8-12)14-5-4-11(2)16-17-14/h4-6,9,12H,7-8H2,1-3H3. The van der Waals surface area contributed by atoms with E-state index < -0.39 is 0 Å². The molecule has 1 fully saturated rings. The van der Waals surface area contributed by atoms with Crippen LogP contribution in [0.2, 0.25) is 0 Å². The number of thiophene rings is 1. The molecule has 0 spiro atoms. The largest absolute Gasteiger partial charge is 0.351 e. The van der Waals surface area contributed by atoms with Gasteiger partial charge < -0.3 is 9.80 Å². The summed E-state index contributed by atoms with van der Waals surface area (Å²) >= 11 is 1.51. The van der Waals surface area contributed by atoms with E-state index in [-0.39, 0.29) is 11.9 Å². The molecule has 1 amide bonds. The third kappa shape index (κ3) is 2.76. The highest BCUT2D eigenvalue weighted by Gasteiger charge is 2.33. The SMILES string of the molecule is Cc1csc(C(=O)N(C)C2CN(c3ccc(C)nn3)C2)c1. The highest BCUT2D eigenvalue weighted by atomic mass is 32.1. The van der Waals surface area contributed by atoms with Crippen molar-refractivity contribution in [3.63, 3.8) is 0 Å². The van der Waals surface area contributed by atoms with Crippen LogP contribution >= 0.6 is 11.3 Å². The summed E-state index contributed by atoms with van der Waals surface area (Å²) in [5.74, 6) is 0.984. The number of amides is 1. The Morgan fingerprint density at radius 3 is 2.67 bits per heavy atom. The number of rotatable bonds is 3. The van der Waals surface area contributed by atoms with Crippen LogP contribution in [0.1, 0.15) is 20.9 Å². The Morgan fingerprint density at radius 2 is 2.10 bits per heavy atom. The minimum absolute atomic E-state index is 0.104. The number of aryl methyl sites for hydroxylation is 2. The Kier molecular flexibility index (Phi) is 3.63. The first kappa shape index (κ1) is 14.0. The zero-order chi connectivity index (χ0) is 15.0. The van der Waals surface area contributed by atoms with Gasteiger partial charge in [0.25, 0.3) is 5.91 Å². The molecule has 1 aliphatic rings. The van der Waals surface area contributed by atoms with Crippen molar-refractivity contribution in [1.82, 2.24) is 15.1 Å². The second kappa shape index (κ2) is 5.44. The summed E-state index contributed by atoms with van der Waals surface area (Å²) in [7, 11) is 1.88. The zero-order valence-electron chi connectivity index (χ0n) is 12.4. The predicted molar refractivity (Wildman–Crippen MR) is 83.9 cm³/mol. The number of nitrogens with zero attached hydrogens (tertiary/aromatic N) is 4. The summed E-state index contributed by atoms with van der Waals surface area (Å²) in [4.78, 5) is 17.2. The minimum atomic E-state index is 0.104. The molecule has 0 radical (unpaired) electrons.